The van der Waals surface area contributed by atoms with Crippen LogP contribution in [-0.4, -0.2) is 26.4 Å². The van der Waals surface area contributed by atoms with Crippen LogP contribution >= 0.6 is 0 Å². The Hall–Kier alpha value is -0.120. The quantitative estimate of drug-likeness (QED) is 0.430. The van der Waals surface area contributed by atoms with E-state index in [-0.39, 0.29) is 0 Å². The lowest BCUT2D eigenvalue weighted by molar-refractivity contribution is -0.382. The van der Waals surface area contributed by atoms with Crippen molar-refractivity contribution in [2.45, 2.75) is 6.42 Å². The Morgan fingerprint density at radius 2 is 1.00 bits per heavy atom. The van der Waals surface area contributed by atoms with Crippen molar-refractivity contribution in [2.24, 2.45) is 0 Å². The second-order valence-corrected chi connectivity index (χ2v) is 1.61. The summed E-state index contributed by atoms with van der Waals surface area (Å²) in [6, 6.07) is 0. The van der Waals surface area contributed by atoms with Crippen molar-refractivity contribution < 1.29 is 14.5 Å². The van der Waals surface area contributed by atoms with Crippen LogP contribution in [0.3, 0.4) is 0 Å². The highest BCUT2D eigenvalue weighted by molar-refractivity contribution is 4.41. The first-order chi connectivity index (χ1) is 4.00. The van der Waals surface area contributed by atoms with Gasteiger partial charge >= 0.3 is 0 Å². The molecule has 0 bridgehead atoms. The Balaban J connectivity index is 0.0000000800. The van der Waals surface area contributed by atoms with Gasteiger partial charge in [0, 0.05) is 13.2 Å². The molecule has 8 heavy (non-hydrogen) atoms. The maximum absolute atomic E-state index is 4.72. The van der Waals surface area contributed by atoms with E-state index in [2.05, 4.69) is 9.78 Å². The number of hydrogen-bond acceptors (Lipinski definition) is 3. The van der Waals surface area contributed by atoms with Crippen LogP contribution < -0.4 is 0 Å². The van der Waals surface area contributed by atoms with Gasteiger partial charge in [0.15, 0.2) is 0 Å². The van der Waals surface area contributed by atoms with Gasteiger partial charge in [-0.05, 0) is 6.42 Å². The van der Waals surface area contributed by atoms with Crippen molar-refractivity contribution in [3.63, 3.8) is 0 Å². The molecule has 0 spiro atoms. The summed E-state index contributed by atoms with van der Waals surface area (Å²) >= 11 is 0. The van der Waals surface area contributed by atoms with Crippen LogP contribution in [0.5, 0.6) is 0 Å². The van der Waals surface area contributed by atoms with Crippen LogP contribution in [0.1, 0.15) is 6.42 Å². The maximum atomic E-state index is 4.72. The number of ether oxygens (including phenoxy) is 1. The van der Waals surface area contributed by atoms with E-state index in [1.807, 2.05) is 0 Å². The Labute approximate surface area is 48.5 Å². The van der Waals surface area contributed by atoms with Crippen LogP contribution in [0.25, 0.3) is 0 Å². The van der Waals surface area contributed by atoms with E-state index in [0.717, 1.165) is 26.4 Å². The Morgan fingerprint density at radius 3 is 1.00 bits per heavy atom. The maximum Gasteiger partial charge on any atom is 0.109 e. The zero-order chi connectivity index (χ0) is 5.66. The fraction of sp³-hybridized carbons (Fsp3) is 1.00. The average Bonchev–Trinajstić information content (AvgIpc) is 1.12. The molecule has 0 amide bonds. The molecule has 3 heteroatoms. The van der Waals surface area contributed by atoms with Crippen LogP contribution in [0.2, 0.25) is 0 Å². The van der Waals surface area contributed by atoms with E-state index < -0.39 is 0 Å². The summed E-state index contributed by atoms with van der Waals surface area (Å²) in [5.41, 5.74) is 0. The Bertz CT molecular complexity index is 31.6. The molecular formula is C5H10O3. The summed E-state index contributed by atoms with van der Waals surface area (Å²) in [7, 11) is 0. The number of rotatable bonds is 0. The van der Waals surface area contributed by atoms with Gasteiger partial charge in [0.05, 0.1) is 0 Å². The molecule has 0 aromatic carbocycles. The molecule has 0 aromatic rings. The summed E-state index contributed by atoms with van der Waals surface area (Å²) in [5, 5.41) is 0. The highest BCUT2D eigenvalue weighted by Gasteiger charge is 1.95. The zero-order valence-electron chi connectivity index (χ0n) is 4.76. The van der Waals surface area contributed by atoms with Crippen molar-refractivity contribution in [3.8, 4) is 0 Å². The minimum Gasteiger partial charge on any atom is -0.381 e. The fourth-order valence-corrected chi connectivity index (χ4v) is 0.228. The van der Waals surface area contributed by atoms with E-state index >= 15 is 0 Å². The van der Waals surface area contributed by atoms with Gasteiger partial charge in [-0.25, -0.2) is 9.78 Å². The summed E-state index contributed by atoms with van der Waals surface area (Å²) in [4.78, 5) is 8.44. The summed E-state index contributed by atoms with van der Waals surface area (Å²) in [6.07, 6.45) is 1.28. The van der Waals surface area contributed by atoms with Crippen molar-refractivity contribution in [1.29, 1.82) is 0 Å². The second kappa shape index (κ2) is 3.83. The molecular weight excluding hydrogens is 108 g/mol. The summed E-state index contributed by atoms with van der Waals surface area (Å²) in [6.45, 7) is 3.56. The molecule has 2 heterocycles. The van der Waals surface area contributed by atoms with Gasteiger partial charge in [-0.15, -0.1) is 0 Å². The average molecular weight is 118 g/mol. The second-order valence-electron chi connectivity index (χ2n) is 1.61. The zero-order valence-corrected chi connectivity index (χ0v) is 4.76. The molecule has 2 rings (SSSR count). The van der Waals surface area contributed by atoms with Crippen molar-refractivity contribution in [3.05, 3.63) is 0 Å². The van der Waals surface area contributed by atoms with Gasteiger partial charge in [-0.1, -0.05) is 0 Å². The smallest absolute Gasteiger partial charge is 0.109 e. The van der Waals surface area contributed by atoms with Gasteiger partial charge in [-0.3, -0.25) is 0 Å². The predicted molar refractivity (Wildman–Crippen MR) is 27.3 cm³/mol. The molecule has 0 atom stereocenters. The van der Waals surface area contributed by atoms with Crippen molar-refractivity contribution >= 4 is 0 Å². The van der Waals surface area contributed by atoms with E-state index in [1.165, 1.54) is 6.42 Å². The SMILES string of the molecule is C1COC1.C1COO1. The largest absolute Gasteiger partial charge is 0.381 e. The lowest BCUT2D eigenvalue weighted by Crippen LogP contribution is -2.14. The lowest BCUT2D eigenvalue weighted by Gasteiger charge is -2.09. The highest BCUT2D eigenvalue weighted by atomic mass is 17.2. The fourth-order valence-electron chi connectivity index (χ4n) is 0.228. The van der Waals surface area contributed by atoms with E-state index in [0.29, 0.717) is 0 Å². The third-order valence-corrected chi connectivity index (χ3v) is 0.911. The predicted octanol–water partition coefficient (Wildman–Crippen LogP) is 0.355. The first-order valence-corrected chi connectivity index (χ1v) is 2.82. The van der Waals surface area contributed by atoms with Gasteiger partial charge in [0.25, 0.3) is 0 Å². The third-order valence-electron chi connectivity index (χ3n) is 0.911. The summed E-state index contributed by atoms with van der Waals surface area (Å²) < 4.78 is 4.72. The Kier molecular flexibility index (Phi) is 2.88. The number of hydrogen-bond donors (Lipinski definition) is 0. The van der Waals surface area contributed by atoms with E-state index in [4.69, 9.17) is 4.74 Å². The first kappa shape index (κ1) is 6.01. The first-order valence-electron chi connectivity index (χ1n) is 2.82. The molecule has 3 nitrogen and oxygen atoms in total. The minimum absolute atomic E-state index is 0.778. The van der Waals surface area contributed by atoms with Gasteiger partial charge in [0.1, 0.15) is 13.2 Å². The molecule has 2 fully saturated rings. The van der Waals surface area contributed by atoms with E-state index in [9.17, 15) is 0 Å². The molecule has 0 radical (unpaired) electrons. The van der Waals surface area contributed by atoms with Gasteiger partial charge < -0.3 is 4.74 Å². The Morgan fingerprint density at radius 1 is 0.750 bits per heavy atom. The molecule has 48 valence electrons. The van der Waals surface area contributed by atoms with Gasteiger partial charge in [0.2, 0.25) is 0 Å². The molecule has 0 N–H and O–H groups in total. The molecule has 2 aliphatic rings. The van der Waals surface area contributed by atoms with Crippen LogP contribution in [0.15, 0.2) is 0 Å². The minimum atomic E-state index is 0.778. The highest BCUT2D eigenvalue weighted by Crippen LogP contribution is 1.93. The molecule has 2 saturated heterocycles. The third kappa shape index (κ3) is 2.26. The van der Waals surface area contributed by atoms with Crippen LogP contribution in [-0.2, 0) is 14.5 Å². The molecule has 0 aliphatic carbocycles. The summed E-state index contributed by atoms with van der Waals surface area (Å²) in [5.74, 6) is 0. The van der Waals surface area contributed by atoms with Crippen LogP contribution in [0, 0.1) is 0 Å². The monoisotopic (exact) mass is 118 g/mol. The molecule has 2 aliphatic heterocycles. The standard InChI is InChI=1S/C3H6O.C2H4O2/c2*1-2-4-3-1/h1-3H2;1-2H2. The van der Waals surface area contributed by atoms with Crippen molar-refractivity contribution in [2.75, 3.05) is 26.4 Å². The van der Waals surface area contributed by atoms with E-state index in [1.54, 1.807) is 0 Å². The molecule has 0 saturated carbocycles. The molecule has 0 aromatic heterocycles. The van der Waals surface area contributed by atoms with Gasteiger partial charge in [-0.2, -0.15) is 0 Å². The topological polar surface area (TPSA) is 27.7 Å². The van der Waals surface area contributed by atoms with Crippen LogP contribution in [0.4, 0.5) is 0 Å². The lowest BCUT2D eigenvalue weighted by atomic mass is 10.4. The van der Waals surface area contributed by atoms with Crippen molar-refractivity contribution in [1.82, 2.24) is 0 Å². The molecule has 0 unspecified atom stereocenters. The normalized spacial score (nSPS) is 24.0.